The van der Waals surface area contributed by atoms with Crippen LogP contribution < -0.4 is 11.5 Å². The van der Waals surface area contributed by atoms with E-state index in [-0.39, 0.29) is 0 Å². The average Bonchev–Trinajstić information content (AvgIpc) is 1.84. The standard InChI is InChI=1S/C5H9FN2O3/c6-2(1-3(7)9)4(8)5(10)11/h2,4H,1,8H2,(H2,7,9)(H,10,11)/t2?,4-/m0/s1. The van der Waals surface area contributed by atoms with E-state index in [2.05, 4.69) is 5.73 Å². The largest absolute Gasteiger partial charge is 0.480 e. The van der Waals surface area contributed by atoms with Gasteiger partial charge in [-0.2, -0.15) is 0 Å². The summed E-state index contributed by atoms with van der Waals surface area (Å²) in [7, 11) is 0. The minimum atomic E-state index is -1.91. The summed E-state index contributed by atoms with van der Waals surface area (Å²) < 4.78 is 12.5. The van der Waals surface area contributed by atoms with Crippen molar-refractivity contribution in [3.05, 3.63) is 0 Å². The Morgan fingerprint density at radius 1 is 1.55 bits per heavy atom. The monoisotopic (exact) mass is 164 g/mol. The number of alkyl halides is 1. The molecule has 0 rings (SSSR count). The highest BCUT2D eigenvalue weighted by atomic mass is 19.1. The van der Waals surface area contributed by atoms with E-state index in [0.29, 0.717) is 0 Å². The Bertz CT molecular complexity index is 173. The van der Waals surface area contributed by atoms with Gasteiger partial charge in [0.15, 0.2) is 0 Å². The minimum absolute atomic E-state index is 0.659. The molecule has 0 aromatic heterocycles. The van der Waals surface area contributed by atoms with Crippen molar-refractivity contribution >= 4 is 11.9 Å². The number of carbonyl (C=O) groups excluding carboxylic acids is 1. The number of carboxylic acid groups (broad SMARTS) is 1. The predicted octanol–water partition coefficient (Wildman–Crippen LogP) is -1.39. The molecule has 0 aromatic carbocycles. The first-order valence-corrected chi connectivity index (χ1v) is 2.86. The first-order valence-electron chi connectivity index (χ1n) is 2.86. The number of halogens is 1. The second kappa shape index (κ2) is 3.87. The van der Waals surface area contributed by atoms with Crippen LogP contribution in [0.15, 0.2) is 0 Å². The number of nitrogens with two attached hydrogens (primary N) is 2. The van der Waals surface area contributed by atoms with Gasteiger partial charge in [0.25, 0.3) is 0 Å². The van der Waals surface area contributed by atoms with Gasteiger partial charge in [-0.05, 0) is 0 Å². The molecule has 64 valence electrons. The lowest BCUT2D eigenvalue weighted by Gasteiger charge is -2.09. The molecule has 0 radical (unpaired) electrons. The van der Waals surface area contributed by atoms with Crippen LogP contribution in [0, 0.1) is 0 Å². The molecule has 1 amide bonds. The summed E-state index contributed by atoms with van der Waals surface area (Å²) in [6.45, 7) is 0. The molecule has 6 heteroatoms. The van der Waals surface area contributed by atoms with Crippen molar-refractivity contribution < 1.29 is 19.1 Å². The Balaban J connectivity index is 3.92. The zero-order valence-electron chi connectivity index (χ0n) is 5.66. The van der Waals surface area contributed by atoms with Crippen molar-refractivity contribution in [2.75, 3.05) is 0 Å². The Kier molecular flexibility index (Phi) is 3.46. The van der Waals surface area contributed by atoms with E-state index in [1.165, 1.54) is 0 Å². The van der Waals surface area contributed by atoms with Gasteiger partial charge in [-0.25, -0.2) is 4.39 Å². The number of hydrogen-bond acceptors (Lipinski definition) is 3. The van der Waals surface area contributed by atoms with Crippen LogP contribution in [0.5, 0.6) is 0 Å². The fourth-order valence-electron chi connectivity index (χ4n) is 0.474. The molecule has 0 spiro atoms. The highest BCUT2D eigenvalue weighted by Crippen LogP contribution is 2.01. The molecule has 5 nitrogen and oxygen atoms in total. The number of aliphatic carboxylic acids is 1. The van der Waals surface area contributed by atoms with Gasteiger partial charge in [0.1, 0.15) is 12.2 Å². The van der Waals surface area contributed by atoms with E-state index in [1.54, 1.807) is 0 Å². The zero-order chi connectivity index (χ0) is 9.02. The van der Waals surface area contributed by atoms with E-state index in [0.717, 1.165) is 0 Å². The van der Waals surface area contributed by atoms with Crippen LogP contribution in [0.25, 0.3) is 0 Å². The van der Waals surface area contributed by atoms with Crippen LogP contribution in [0.1, 0.15) is 6.42 Å². The van der Waals surface area contributed by atoms with Crippen LogP contribution >= 0.6 is 0 Å². The highest BCUT2D eigenvalue weighted by Gasteiger charge is 2.24. The SMILES string of the molecule is NC(=O)CC(F)[C@H](N)C(=O)O. The molecule has 5 N–H and O–H groups in total. The summed E-state index contributed by atoms with van der Waals surface area (Å²) in [5, 5.41) is 8.15. The van der Waals surface area contributed by atoms with Gasteiger partial charge in [0.2, 0.25) is 5.91 Å². The molecule has 0 aromatic rings. The van der Waals surface area contributed by atoms with Gasteiger partial charge < -0.3 is 16.6 Å². The lowest BCUT2D eigenvalue weighted by molar-refractivity contribution is -0.140. The number of rotatable bonds is 4. The summed E-state index contributed by atoms with van der Waals surface area (Å²) in [6, 6.07) is -1.68. The van der Waals surface area contributed by atoms with Crippen LogP contribution in [0.4, 0.5) is 4.39 Å². The summed E-state index contributed by atoms with van der Waals surface area (Å²) in [4.78, 5) is 20.1. The molecule has 0 heterocycles. The predicted molar refractivity (Wildman–Crippen MR) is 34.3 cm³/mol. The summed E-state index contributed by atoms with van der Waals surface area (Å²) in [5.74, 6) is -2.40. The third-order valence-corrected chi connectivity index (χ3v) is 1.07. The molecular formula is C5H9FN2O3. The molecule has 2 atom stereocenters. The molecule has 0 saturated heterocycles. The maximum atomic E-state index is 12.5. The van der Waals surface area contributed by atoms with E-state index < -0.39 is 30.5 Å². The normalized spacial score (nSPS) is 15.5. The first-order chi connectivity index (χ1) is 4.95. The molecule has 0 saturated carbocycles. The molecule has 0 bridgehead atoms. The summed E-state index contributed by atoms with van der Waals surface area (Å²) in [5.41, 5.74) is 9.43. The number of hydrogen-bond donors (Lipinski definition) is 3. The lowest BCUT2D eigenvalue weighted by atomic mass is 10.1. The lowest BCUT2D eigenvalue weighted by Crippen LogP contribution is -2.41. The van der Waals surface area contributed by atoms with E-state index in [4.69, 9.17) is 10.8 Å². The van der Waals surface area contributed by atoms with Gasteiger partial charge >= 0.3 is 5.97 Å². The second-order valence-electron chi connectivity index (χ2n) is 2.05. The number of carboxylic acids is 1. The smallest absolute Gasteiger partial charge is 0.323 e. The highest BCUT2D eigenvalue weighted by molar-refractivity contribution is 5.78. The van der Waals surface area contributed by atoms with Crippen molar-refractivity contribution in [3.63, 3.8) is 0 Å². The molecular weight excluding hydrogens is 155 g/mol. The summed E-state index contributed by atoms with van der Waals surface area (Å²) in [6.07, 6.45) is -2.57. The van der Waals surface area contributed by atoms with E-state index in [9.17, 15) is 14.0 Å². The van der Waals surface area contributed by atoms with E-state index in [1.807, 2.05) is 0 Å². The number of carbonyl (C=O) groups is 2. The quantitative estimate of drug-likeness (QED) is 0.475. The Morgan fingerprint density at radius 3 is 2.27 bits per heavy atom. The molecule has 0 fully saturated rings. The molecule has 1 unspecified atom stereocenters. The van der Waals surface area contributed by atoms with Crippen LogP contribution in [0.2, 0.25) is 0 Å². The third-order valence-electron chi connectivity index (χ3n) is 1.07. The maximum Gasteiger partial charge on any atom is 0.323 e. The summed E-state index contributed by atoms with van der Waals surface area (Å²) >= 11 is 0. The van der Waals surface area contributed by atoms with Crippen molar-refractivity contribution in [2.24, 2.45) is 11.5 Å². The zero-order valence-corrected chi connectivity index (χ0v) is 5.66. The fraction of sp³-hybridized carbons (Fsp3) is 0.600. The van der Waals surface area contributed by atoms with Crippen molar-refractivity contribution in [1.82, 2.24) is 0 Å². The van der Waals surface area contributed by atoms with E-state index >= 15 is 0 Å². The van der Waals surface area contributed by atoms with Crippen LogP contribution in [0.3, 0.4) is 0 Å². The minimum Gasteiger partial charge on any atom is -0.480 e. The fourth-order valence-corrected chi connectivity index (χ4v) is 0.474. The molecule has 0 aliphatic carbocycles. The Hall–Kier alpha value is -1.17. The Morgan fingerprint density at radius 2 is 2.00 bits per heavy atom. The molecule has 0 aliphatic rings. The molecule has 0 aliphatic heterocycles. The molecule has 11 heavy (non-hydrogen) atoms. The van der Waals surface area contributed by atoms with Gasteiger partial charge in [-0.1, -0.05) is 0 Å². The number of amides is 1. The second-order valence-corrected chi connectivity index (χ2v) is 2.05. The Labute approximate surface area is 62.2 Å². The van der Waals surface area contributed by atoms with Gasteiger partial charge in [0.05, 0.1) is 6.42 Å². The van der Waals surface area contributed by atoms with Gasteiger partial charge in [0, 0.05) is 0 Å². The van der Waals surface area contributed by atoms with Crippen molar-refractivity contribution in [3.8, 4) is 0 Å². The number of primary amides is 1. The average molecular weight is 164 g/mol. The van der Waals surface area contributed by atoms with Crippen molar-refractivity contribution in [2.45, 2.75) is 18.6 Å². The topological polar surface area (TPSA) is 106 Å². The third kappa shape index (κ3) is 3.51. The first kappa shape index (κ1) is 9.83. The van der Waals surface area contributed by atoms with Gasteiger partial charge in [-0.15, -0.1) is 0 Å². The maximum absolute atomic E-state index is 12.5. The van der Waals surface area contributed by atoms with Crippen LogP contribution in [-0.4, -0.2) is 29.2 Å². The van der Waals surface area contributed by atoms with Gasteiger partial charge in [-0.3, -0.25) is 9.59 Å². The van der Waals surface area contributed by atoms with Crippen molar-refractivity contribution in [1.29, 1.82) is 0 Å². The van der Waals surface area contributed by atoms with Crippen LogP contribution in [-0.2, 0) is 9.59 Å².